The van der Waals surface area contributed by atoms with Gasteiger partial charge in [-0.15, -0.1) is 0 Å². The molecule has 112 valence electrons. The van der Waals surface area contributed by atoms with Crippen molar-refractivity contribution in [2.24, 2.45) is 7.05 Å². The van der Waals surface area contributed by atoms with Crippen molar-refractivity contribution < 1.29 is 13.3 Å². The van der Waals surface area contributed by atoms with Crippen LogP contribution >= 0.6 is 11.6 Å². The molecule has 1 aromatic heterocycles. The predicted octanol–water partition coefficient (Wildman–Crippen LogP) is 2.07. The molecule has 0 aliphatic carbocycles. The molecular formula is C12H12ClN3O4S. The standard InChI is InChI=1S/C12H12ClN3O4S/c1-15-5-4-9(8-15)7-14-21(19,20)10-2-3-11(13)12(6-10)16(17)18/h2-6,8,14H,7H2,1H3. The highest BCUT2D eigenvalue weighted by Gasteiger charge is 2.20. The molecule has 0 aliphatic rings. The van der Waals surface area contributed by atoms with Crippen molar-refractivity contribution in [1.82, 2.24) is 9.29 Å². The van der Waals surface area contributed by atoms with Crippen LogP contribution in [0.4, 0.5) is 5.69 Å². The van der Waals surface area contributed by atoms with E-state index in [2.05, 4.69) is 4.72 Å². The second-order valence-corrected chi connectivity index (χ2v) is 6.55. The molecule has 0 saturated carbocycles. The number of nitrogens with zero attached hydrogens (tertiary/aromatic N) is 2. The SMILES string of the molecule is Cn1ccc(CNS(=O)(=O)c2ccc(Cl)c([N+](=O)[O-])c2)c1. The number of halogens is 1. The smallest absolute Gasteiger partial charge is 0.289 e. The van der Waals surface area contributed by atoms with Crippen LogP contribution in [0.5, 0.6) is 0 Å². The quantitative estimate of drug-likeness (QED) is 0.671. The van der Waals surface area contributed by atoms with E-state index in [1.165, 1.54) is 12.1 Å². The normalized spacial score (nSPS) is 11.5. The Morgan fingerprint density at radius 2 is 2.10 bits per heavy atom. The van der Waals surface area contributed by atoms with Gasteiger partial charge in [0.2, 0.25) is 10.0 Å². The summed E-state index contributed by atoms with van der Waals surface area (Å²) in [7, 11) is -2.02. The number of sulfonamides is 1. The first-order chi connectivity index (χ1) is 9.79. The Morgan fingerprint density at radius 3 is 2.67 bits per heavy atom. The number of hydrogen-bond acceptors (Lipinski definition) is 4. The van der Waals surface area contributed by atoms with Gasteiger partial charge in [0.15, 0.2) is 0 Å². The molecule has 1 N–H and O–H groups in total. The van der Waals surface area contributed by atoms with E-state index in [4.69, 9.17) is 11.6 Å². The lowest BCUT2D eigenvalue weighted by molar-refractivity contribution is -0.384. The fourth-order valence-corrected chi connectivity index (χ4v) is 2.95. The van der Waals surface area contributed by atoms with Gasteiger partial charge in [0.25, 0.3) is 5.69 Å². The Labute approximate surface area is 126 Å². The molecule has 7 nitrogen and oxygen atoms in total. The van der Waals surface area contributed by atoms with E-state index in [0.29, 0.717) is 0 Å². The summed E-state index contributed by atoms with van der Waals surface area (Å²) in [4.78, 5) is 9.86. The first-order valence-corrected chi connectivity index (χ1v) is 7.70. The molecule has 2 rings (SSSR count). The molecule has 1 heterocycles. The van der Waals surface area contributed by atoms with Gasteiger partial charge in [0.1, 0.15) is 5.02 Å². The van der Waals surface area contributed by atoms with Gasteiger partial charge in [-0.05, 0) is 23.8 Å². The first-order valence-electron chi connectivity index (χ1n) is 5.84. The van der Waals surface area contributed by atoms with Gasteiger partial charge in [-0.1, -0.05) is 11.6 Å². The van der Waals surface area contributed by atoms with E-state index in [9.17, 15) is 18.5 Å². The number of nitro groups is 1. The van der Waals surface area contributed by atoms with E-state index in [1.807, 2.05) is 7.05 Å². The van der Waals surface area contributed by atoms with Gasteiger partial charge in [-0.3, -0.25) is 10.1 Å². The van der Waals surface area contributed by atoms with Crippen LogP contribution in [0.2, 0.25) is 5.02 Å². The Morgan fingerprint density at radius 1 is 1.38 bits per heavy atom. The zero-order chi connectivity index (χ0) is 15.6. The van der Waals surface area contributed by atoms with Crippen molar-refractivity contribution in [2.45, 2.75) is 11.4 Å². The van der Waals surface area contributed by atoms with Crippen molar-refractivity contribution in [3.05, 3.63) is 57.4 Å². The zero-order valence-electron chi connectivity index (χ0n) is 11.0. The van der Waals surface area contributed by atoms with Crippen molar-refractivity contribution in [1.29, 1.82) is 0 Å². The van der Waals surface area contributed by atoms with Crippen molar-refractivity contribution >= 4 is 27.3 Å². The third-order valence-corrected chi connectivity index (χ3v) is 4.50. The molecule has 0 aliphatic heterocycles. The van der Waals surface area contributed by atoms with Crippen molar-refractivity contribution in [2.75, 3.05) is 0 Å². The average molecular weight is 330 g/mol. The van der Waals surface area contributed by atoms with Crippen LogP contribution in [0.15, 0.2) is 41.6 Å². The molecule has 0 fully saturated rings. The van der Waals surface area contributed by atoms with Crippen LogP contribution in [0.3, 0.4) is 0 Å². The molecule has 0 radical (unpaired) electrons. The maximum absolute atomic E-state index is 12.1. The van der Waals surface area contributed by atoms with Crippen LogP contribution < -0.4 is 4.72 Å². The van der Waals surface area contributed by atoms with E-state index < -0.39 is 20.6 Å². The van der Waals surface area contributed by atoms with E-state index >= 15 is 0 Å². The largest absolute Gasteiger partial charge is 0.357 e. The lowest BCUT2D eigenvalue weighted by Crippen LogP contribution is -2.23. The fraction of sp³-hybridized carbons (Fsp3) is 0.167. The number of aromatic nitrogens is 1. The number of aryl methyl sites for hydroxylation is 1. The maximum Gasteiger partial charge on any atom is 0.289 e. The number of nitrogens with one attached hydrogen (secondary N) is 1. The molecule has 0 atom stereocenters. The Kier molecular flexibility index (Phi) is 4.31. The summed E-state index contributed by atoms with van der Waals surface area (Å²) in [5, 5.41) is 10.7. The third kappa shape index (κ3) is 3.60. The van der Waals surface area contributed by atoms with Gasteiger partial charge in [-0.25, -0.2) is 13.1 Å². The lowest BCUT2D eigenvalue weighted by Gasteiger charge is -2.06. The zero-order valence-corrected chi connectivity index (χ0v) is 12.6. The van der Waals surface area contributed by atoms with Gasteiger partial charge >= 0.3 is 0 Å². The van der Waals surface area contributed by atoms with Crippen LogP contribution in [0.25, 0.3) is 0 Å². The topological polar surface area (TPSA) is 94.2 Å². The number of benzene rings is 1. The minimum Gasteiger partial charge on any atom is -0.357 e. The molecule has 2 aromatic rings. The van der Waals surface area contributed by atoms with Crippen molar-refractivity contribution in [3.8, 4) is 0 Å². The summed E-state index contributed by atoms with van der Waals surface area (Å²) in [5.74, 6) is 0. The number of hydrogen-bond donors (Lipinski definition) is 1. The molecule has 9 heteroatoms. The summed E-state index contributed by atoms with van der Waals surface area (Å²) < 4.78 is 28.4. The molecule has 21 heavy (non-hydrogen) atoms. The monoisotopic (exact) mass is 329 g/mol. The van der Waals surface area contributed by atoms with E-state index in [-0.39, 0.29) is 16.5 Å². The minimum absolute atomic E-state index is 0.0968. The Bertz CT molecular complexity index is 786. The fourth-order valence-electron chi connectivity index (χ4n) is 1.73. The van der Waals surface area contributed by atoms with Crippen LogP contribution in [0, 0.1) is 10.1 Å². The molecule has 0 bridgehead atoms. The second kappa shape index (κ2) is 5.84. The summed E-state index contributed by atoms with van der Waals surface area (Å²) in [6.45, 7) is 0.0968. The van der Waals surface area contributed by atoms with Crippen LogP contribution in [-0.4, -0.2) is 17.9 Å². The van der Waals surface area contributed by atoms with Crippen molar-refractivity contribution in [3.63, 3.8) is 0 Å². The van der Waals surface area contributed by atoms with Crippen LogP contribution in [0.1, 0.15) is 5.56 Å². The first kappa shape index (κ1) is 15.5. The van der Waals surface area contributed by atoms with Gasteiger partial charge in [0, 0.05) is 32.1 Å². The molecule has 0 saturated heterocycles. The molecule has 0 spiro atoms. The van der Waals surface area contributed by atoms with Gasteiger partial charge < -0.3 is 4.57 Å². The minimum atomic E-state index is -3.84. The van der Waals surface area contributed by atoms with E-state index in [0.717, 1.165) is 11.6 Å². The lowest BCUT2D eigenvalue weighted by atomic mass is 10.3. The number of rotatable bonds is 5. The Balaban J connectivity index is 2.23. The molecule has 0 unspecified atom stereocenters. The highest BCUT2D eigenvalue weighted by Crippen LogP contribution is 2.27. The van der Waals surface area contributed by atoms with Gasteiger partial charge in [-0.2, -0.15) is 0 Å². The average Bonchev–Trinajstić information content (AvgIpc) is 2.82. The molecule has 1 aromatic carbocycles. The summed E-state index contributed by atoms with van der Waals surface area (Å²) >= 11 is 5.66. The second-order valence-electron chi connectivity index (χ2n) is 4.38. The summed E-state index contributed by atoms with van der Waals surface area (Å²) in [6.07, 6.45) is 3.56. The Hall–Kier alpha value is -1.90. The van der Waals surface area contributed by atoms with Gasteiger partial charge in [0.05, 0.1) is 9.82 Å². The summed E-state index contributed by atoms with van der Waals surface area (Å²) in [6, 6.07) is 5.13. The predicted molar refractivity (Wildman–Crippen MR) is 77.5 cm³/mol. The highest BCUT2D eigenvalue weighted by atomic mass is 35.5. The maximum atomic E-state index is 12.1. The molecular weight excluding hydrogens is 318 g/mol. The highest BCUT2D eigenvalue weighted by molar-refractivity contribution is 7.89. The number of nitro benzene ring substituents is 1. The van der Waals surface area contributed by atoms with Crippen LogP contribution in [-0.2, 0) is 23.6 Å². The summed E-state index contributed by atoms with van der Waals surface area (Å²) in [5.41, 5.74) is 0.337. The van der Waals surface area contributed by atoms with E-state index in [1.54, 1.807) is 23.0 Å². The molecule has 0 amide bonds. The third-order valence-electron chi connectivity index (χ3n) is 2.78.